The van der Waals surface area contributed by atoms with Crippen LogP contribution < -0.4 is 15.8 Å². The number of nitriles is 1. The molecular formula is C21H22FN5O. The number of hydrogen-bond donors (Lipinski definition) is 2. The summed E-state index contributed by atoms with van der Waals surface area (Å²) in [6.45, 7) is 0. The van der Waals surface area contributed by atoms with Crippen molar-refractivity contribution in [3.63, 3.8) is 0 Å². The molecule has 0 amide bonds. The van der Waals surface area contributed by atoms with E-state index in [1.807, 2.05) is 36.4 Å². The van der Waals surface area contributed by atoms with Crippen molar-refractivity contribution in [2.24, 2.45) is 5.73 Å². The maximum Gasteiger partial charge on any atom is 0.148 e. The number of benzene rings is 2. The molecule has 0 radical (unpaired) electrons. The number of ether oxygens (including phenoxy) is 1. The molecule has 7 heteroatoms. The van der Waals surface area contributed by atoms with Crippen LogP contribution in [0.3, 0.4) is 0 Å². The Balaban J connectivity index is 0.000000500. The average molecular weight is 379 g/mol. The lowest BCUT2D eigenvalue weighted by Gasteiger charge is -2.09. The lowest BCUT2D eigenvalue weighted by molar-refractivity contribution is 0.414. The number of rotatable bonds is 4. The first-order valence-corrected chi connectivity index (χ1v) is 8.93. The van der Waals surface area contributed by atoms with Gasteiger partial charge in [-0.25, -0.2) is 9.07 Å². The number of methoxy groups -OCH3 is 1. The Bertz CT molecular complexity index is 987. The van der Waals surface area contributed by atoms with Crippen LogP contribution in [0.1, 0.15) is 18.4 Å². The van der Waals surface area contributed by atoms with E-state index in [-0.39, 0.29) is 5.56 Å². The first kappa shape index (κ1) is 19.4. The zero-order valence-corrected chi connectivity index (χ0v) is 15.8. The minimum Gasteiger partial charge on any atom is -0.497 e. The van der Waals surface area contributed by atoms with Gasteiger partial charge in [-0.15, -0.1) is 5.10 Å². The molecule has 2 aromatic carbocycles. The number of aromatic nitrogens is 2. The number of nitrogens with zero attached hydrogens (tertiary/aromatic N) is 3. The molecule has 0 spiro atoms. The van der Waals surface area contributed by atoms with Gasteiger partial charge in [-0.1, -0.05) is 6.07 Å². The summed E-state index contributed by atoms with van der Waals surface area (Å²) in [5.74, 6) is 0.847. The highest BCUT2D eigenvalue weighted by molar-refractivity contribution is 5.67. The molecule has 0 atom stereocenters. The molecule has 0 bridgehead atoms. The molecule has 0 saturated heterocycles. The molecule has 6 nitrogen and oxygen atoms in total. The van der Waals surface area contributed by atoms with Crippen molar-refractivity contribution in [1.82, 2.24) is 9.78 Å². The normalized spacial score (nSPS) is 12.5. The van der Waals surface area contributed by atoms with Gasteiger partial charge < -0.3 is 15.8 Å². The van der Waals surface area contributed by atoms with Crippen LogP contribution in [0.25, 0.3) is 16.9 Å². The van der Waals surface area contributed by atoms with E-state index in [0.717, 1.165) is 11.4 Å². The third-order valence-corrected chi connectivity index (χ3v) is 4.29. The Kier molecular flexibility index (Phi) is 5.92. The van der Waals surface area contributed by atoms with Gasteiger partial charge in [0, 0.05) is 24.7 Å². The van der Waals surface area contributed by atoms with Crippen molar-refractivity contribution in [2.75, 3.05) is 19.5 Å². The Hall–Kier alpha value is -3.37. The number of anilines is 1. The zero-order valence-electron chi connectivity index (χ0n) is 15.8. The summed E-state index contributed by atoms with van der Waals surface area (Å²) >= 11 is 0. The van der Waals surface area contributed by atoms with E-state index in [1.165, 1.54) is 25.0 Å². The van der Waals surface area contributed by atoms with E-state index in [2.05, 4.69) is 10.4 Å². The molecule has 1 fully saturated rings. The third kappa shape index (κ3) is 4.48. The Labute approximate surface area is 163 Å². The maximum atomic E-state index is 14.0. The minimum atomic E-state index is -0.552. The Morgan fingerprint density at radius 3 is 2.39 bits per heavy atom. The summed E-state index contributed by atoms with van der Waals surface area (Å²) in [7, 11) is 3.37. The maximum absolute atomic E-state index is 14.0. The summed E-state index contributed by atoms with van der Waals surface area (Å²) in [5.41, 5.74) is 7.41. The van der Waals surface area contributed by atoms with Gasteiger partial charge in [0.15, 0.2) is 0 Å². The molecule has 1 heterocycles. The van der Waals surface area contributed by atoms with Crippen LogP contribution in [-0.4, -0.2) is 30.0 Å². The largest absolute Gasteiger partial charge is 0.497 e. The lowest BCUT2D eigenvalue weighted by atomic mass is 10.1. The number of hydrogen-bond acceptors (Lipinski definition) is 5. The highest BCUT2D eigenvalue weighted by atomic mass is 19.1. The fraction of sp³-hybridized carbons (Fsp3) is 0.238. The topological polar surface area (TPSA) is 88.9 Å². The van der Waals surface area contributed by atoms with E-state index in [1.54, 1.807) is 24.9 Å². The third-order valence-electron chi connectivity index (χ3n) is 4.29. The smallest absolute Gasteiger partial charge is 0.148 e. The molecule has 0 unspecified atom stereocenters. The van der Waals surface area contributed by atoms with Crippen molar-refractivity contribution >= 4 is 5.82 Å². The van der Waals surface area contributed by atoms with Gasteiger partial charge in [-0.2, -0.15) is 5.26 Å². The van der Waals surface area contributed by atoms with E-state index in [0.29, 0.717) is 23.1 Å². The molecule has 0 aliphatic heterocycles. The molecule has 3 aromatic rings. The van der Waals surface area contributed by atoms with Gasteiger partial charge in [0.25, 0.3) is 0 Å². The van der Waals surface area contributed by atoms with E-state index in [4.69, 9.17) is 15.7 Å². The molecule has 1 saturated carbocycles. The summed E-state index contributed by atoms with van der Waals surface area (Å²) in [4.78, 5) is 0. The van der Waals surface area contributed by atoms with Crippen LogP contribution in [0.4, 0.5) is 10.2 Å². The van der Waals surface area contributed by atoms with Gasteiger partial charge in [0.1, 0.15) is 23.5 Å². The summed E-state index contributed by atoms with van der Waals surface area (Å²) in [6, 6.07) is 16.2. The average Bonchev–Trinajstić information content (AvgIpc) is 3.39. The van der Waals surface area contributed by atoms with Gasteiger partial charge in [-0.3, -0.25) is 0 Å². The standard InChI is InChI=1S/C18H15FN4O.C3H7N/c1-21-18-10-17(12-3-4-13(11-20)16(19)9-12)23(22-18)14-5-7-15(24-2)8-6-14;4-3-1-2-3/h3-10H,1-2H3,(H,21,22);3H,1-2,4H2. The van der Waals surface area contributed by atoms with Crippen molar-refractivity contribution < 1.29 is 9.13 Å². The summed E-state index contributed by atoms with van der Waals surface area (Å²) in [5, 5.41) is 16.3. The van der Waals surface area contributed by atoms with Gasteiger partial charge in [0.05, 0.1) is 24.1 Å². The lowest BCUT2D eigenvalue weighted by Crippen LogP contribution is -2.00. The molecule has 1 aromatic heterocycles. The van der Waals surface area contributed by atoms with Crippen LogP contribution in [0, 0.1) is 17.1 Å². The van der Waals surface area contributed by atoms with Crippen LogP contribution in [0.2, 0.25) is 0 Å². The molecule has 1 aliphatic carbocycles. The van der Waals surface area contributed by atoms with E-state index in [9.17, 15) is 4.39 Å². The second kappa shape index (κ2) is 8.55. The second-order valence-corrected chi connectivity index (χ2v) is 6.42. The number of halogens is 1. The number of nitrogens with two attached hydrogens (primary N) is 1. The van der Waals surface area contributed by atoms with Crippen molar-refractivity contribution in [2.45, 2.75) is 18.9 Å². The summed E-state index contributed by atoms with van der Waals surface area (Å²) < 4.78 is 20.9. The highest BCUT2D eigenvalue weighted by Gasteiger charge is 2.14. The monoisotopic (exact) mass is 379 g/mol. The molecule has 4 rings (SSSR count). The molecule has 28 heavy (non-hydrogen) atoms. The second-order valence-electron chi connectivity index (χ2n) is 6.42. The highest BCUT2D eigenvalue weighted by Crippen LogP contribution is 2.28. The quantitative estimate of drug-likeness (QED) is 0.721. The first-order chi connectivity index (χ1) is 13.5. The first-order valence-electron chi connectivity index (χ1n) is 8.93. The fourth-order valence-electron chi connectivity index (χ4n) is 2.49. The molecule has 3 N–H and O–H groups in total. The zero-order chi connectivity index (χ0) is 20.1. The number of nitrogens with one attached hydrogen (secondary N) is 1. The predicted molar refractivity (Wildman–Crippen MR) is 107 cm³/mol. The van der Waals surface area contributed by atoms with Gasteiger partial charge >= 0.3 is 0 Å². The SMILES string of the molecule is CNc1cc(-c2ccc(C#N)c(F)c2)n(-c2ccc(OC)cc2)n1.NC1CC1. The molecule has 1 aliphatic rings. The van der Waals surface area contributed by atoms with Gasteiger partial charge in [-0.05, 0) is 49.2 Å². The summed E-state index contributed by atoms with van der Waals surface area (Å²) in [6.07, 6.45) is 2.53. The molecular weight excluding hydrogens is 357 g/mol. The fourth-order valence-corrected chi connectivity index (χ4v) is 2.49. The van der Waals surface area contributed by atoms with Crippen LogP contribution in [0.15, 0.2) is 48.5 Å². The molecule has 144 valence electrons. The van der Waals surface area contributed by atoms with Gasteiger partial charge in [0.2, 0.25) is 0 Å². The van der Waals surface area contributed by atoms with Crippen LogP contribution >= 0.6 is 0 Å². The van der Waals surface area contributed by atoms with Crippen LogP contribution in [0.5, 0.6) is 5.75 Å². The van der Waals surface area contributed by atoms with Crippen molar-refractivity contribution in [3.8, 4) is 28.8 Å². The Morgan fingerprint density at radius 1 is 1.21 bits per heavy atom. The van der Waals surface area contributed by atoms with Crippen LogP contribution in [-0.2, 0) is 0 Å². The van der Waals surface area contributed by atoms with Crippen molar-refractivity contribution in [1.29, 1.82) is 5.26 Å². The van der Waals surface area contributed by atoms with Crippen molar-refractivity contribution in [3.05, 3.63) is 59.9 Å². The van der Waals surface area contributed by atoms with E-state index < -0.39 is 5.82 Å². The van der Waals surface area contributed by atoms with E-state index >= 15 is 0 Å². The predicted octanol–water partition coefficient (Wildman–Crippen LogP) is 3.71. The minimum absolute atomic E-state index is 0.0168. The Morgan fingerprint density at radius 2 is 1.89 bits per heavy atom.